The largest absolute Gasteiger partial charge is 0.469 e. The van der Waals surface area contributed by atoms with E-state index < -0.39 is 20.0 Å². The molecule has 22 heavy (non-hydrogen) atoms. The predicted octanol–water partition coefficient (Wildman–Crippen LogP) is 3.02. The Morgan fingerprint density at radius 1 is 1.45 bits per heavy atom. The van der Waals surface area contributed by atoms with Gasteiger partial charge in [-0.15, -0.1) is 0 Å². The van der Waals surface area contributed by atoms with Crippen molar-refractivity contribution in [2.75, 3.05) is 13.7 Å². The fourth-order valence-corrected chi connectivity index (χ4v) is 4.76. The summed E-state index contributed by atoms with van der Waals surface area (Å²) in [5, 5.41) is -0.0252. The number of rotatable bonds is 3. The van der Waals surface area contributed by atoms with Crippen LogP contribution in [0.1, 0.15) is 27.2 Å². The number of nitrogens with zero attached hydrogens (tertiary/aromatic N) is 1. The fourth-order valence-electron chi connectivity index (χ4n) is 2.79. The number of fused-ring (bicyclic) bond motifs is 1. The molecule has 0 bridgehead atoms. The van der Waals surface area contributed by atoms with Gasteiger partial charge in [0.15, 0.2) is 14.0 Å². The third-order valence-corrected chi connectivity index (χ3v) is 10.1. The highest BCUT2D eigenvalue weighted by molar-refractivity contribution is 9.12. The minimum atomic E-state index is -2.19. The zero-order valence-corrected chi connectivity index (χ0v) is 16.6. The molecule has 5 nitrogen and oxygen atoms in total. The van der Waals surface area contributed by atoms with E-state index in [0.29, 0.717) is 17.4 Å². The van der Waals surface area contributed by atoms with Crippen LogP contribution in [0.5, 0.6) is 0 Å². The Bertz CT molecular complexity index is 540. The first-order valence-electron chi connectivity index (χ1n) is 7.44. The number of hydrogen-bond donors (Lipinski definition) is 0. The van der Waals surface area contributed by atoms with E-state index in [2.05, 4.69) is 49.8 Å². The average Bonchev–Trinajstić information content (AvgIpc) is 2.83. The molecule has 0 radical (unpaired) electrons. The lowest BCUT2D eigenvalue weighted by atomic mass is 9.97. The molecule has 0 N–H and O–H groups in total. The summed E-state index contributed by atoms with van der Waals surface area (Å²) in [6, 6.07) is 0. The summed E-state index contributed by atoms with van der Waals surface area (Å²) < 4.78 is 12.0. The van der Waals surface area contributed by atoms with Gasteiger partial charge in [-0.2, -0.15) is 0 Å². The van der Waals surface area contributed by atoms with Crippen LogP contribution < -0.4 is 0 Å². The van der Waals surface area contributed by atoms with Crippen molar-refractivity contribution in [1.29, 1.82) is 0 Å². The smallest absolute Gasteiger partial charge is 0.313 e. The van der Waals surface area contributed by atoms with Crippen LogP contribution in [0.2, 0.25) is 18.1 Å². The molecule has 2 atom stereocenters. The van der Waals surface area contributed by atoms with Gasteiger partial charge < -0.3 is 14.1 Å². The van der Waals surface area contributed by atoms with Gasteiger partial charge in [-0.3, -0.25) is 9.59 Å². The summed E-state index contributed by atoms with van der Waals surface area (Å²) in [4.78, 5) is 26.3. The molecular weight excluding hydrogens is 366 g/mol. The second-order valence-electron chi connectivity index (χ2n) is 7.43. The standard InChI is InChI=1S/C15H24BrNO4Si/c1-14(2,3)22(5,6)21-15-9-11(16)12(18)17(15)8-7-10(15)13(19)20-4/h9-10H,7-8H2,1-6H3/t10-,15-/m0/s1. The molecule has 0 aromatic carbocycles. The number of carbonyl (C=O) groups excluding carboxylic acids is 2. The molecule has 0 aliphatic carbocycles. The molecule has 7 heteroatoms. The summed E-state index contributed by atoms with van der Waals surface area (Å²) in [5.74, 6) is -0.928. The van der Waals surface area contributed by atoms with Crippen LogP contribution in [0, 0.1) is 5.92 Å². The normalized spacial score (nSPS) is 28.7. The van der Waals surface area contributed by atoms with Crippen molar-refractivity contribution in [2.24, 2.45) is 5.92 Å². The maximum absolute atomic E-state index is 12.4. The lowest BCUT2D eigenvalue weighted by molar-refractivity contribution is -0.157. The Hall–Kier alpha value is -0.663. The van der Waals surface area contributed by atoms with Crippen LogP contribution in [0.3, 0.4) is 0 Å². The molecule has 0 unspecified atom stereocenters. The number of methoxy groups -OCH3 is 1. The molecule has 2 rings (SSSR count). The van der Waals surface area contributed by atoms with Gasteiger partial charge in [0.05, 0.1) is 11.6 Å². The quantitative estimate of drug-likeness (QED) is 0.549. The second kappa shape index (κ2) is 5.45. The number of halogens is 1. The van der Waals surface area contributed by atoms with E-state index in [1.54, 1.807) is 11.0 Å². The molecule has 0 aromatic rings. The number of hydrogen-bond acceptors (Lipinski definition) is 4. The second-order valence-corrected chi connectivity index (χ2v) is 13.0. The lowest BCUT2D eigenvalue weighted by Gasteiger charge is -2.46. The number of carbonyl (C=O) groups is 2. The Balaban J connectivity index is 2.48. The summed E-state index contributed by atoms with van der Waals surface area (Å²) >= 11 is 3.30. The molecule has 1 saturated heterocycles. The molecule has 2 aliphatic rings. The van der Waals surface area contributed by atoms with Crippen LogP contribution in [-0.4, -0.2) is 44.5 Å². The van der Waals surface area contributed by atoms with Gasteiger partial charge in [-0.25, -0.2) is 0 Å². The highest BCUT2D eigenvalue weighted by atomic mass is 79.9. The highest BCUT2D eigenvalue weighted by Gasteiger charge is 2.61. The number of amides is 1. The zero-order chi connectivity index (χ0) is 16.9. The van der Waals surface area contributed by atoms with Crippen LogP contribution in [-0.2, 0) is 18.8 Å². The van der Waals surface area contributed by atoms with E-state index in [9.17, 15) is 9.59 Å². The van der Waals surface area contributed by atoms with Crippen molar-refractivity contribution in [2.45, 2.75) is 51.0 Å². The molecule has 1 fully saturated rings. The monoisotopic (exact) mass is 389 g/mol. The first-order chi connectivity index (χ1) is 9.96. The summed E-state index contributed by atoms with van der Waals surface area (Å²) in [7, 11) is -0.816. The van der Waals surface area contributed by atoms with E-state index in [0.717, 1.165) is 0 Å². The van der Waals surface area contributed by atoms with Crippen molar-refractivity contribution in [1.82, 2.24) is 4.90 Å². The minimum absolute atomic E-state index is 0.0252. The maximum Gasteiger partial charge on any atom is 0.313 e. The first-order valence-corrected chi connectivity index (χ1v) is 11.1. The van der Waals surface area contributed by atoms with Gasteiger partial charge in [0.2, 0.25) is 0 Å². The molecule has 0 spiro atoms. The van der Waals surface area contributed by atoms with Gasteiger partial charge in [0, 0.05) is 6.54 Å². The van der Waals surface area contributed by atoms with Crippen LogP contribution in [0.15, 0.2) is 10.6 Å². The van der Waals surface area contributed by atoms with Gasteiger partial charge in [-0.1, -0.05) is 20.8 Å². The van der Waals surface area contributed by atoms with Crippen molar-refractivity contribution >= 4 is 36.1 Å². The Morgan fingerprint density at radius 3 is 2.55 bits per heavy atom. The van der Waals surface area contributed by atoms with Crippen LogP contribution in [0.25, 0.3) is 0 Å². The Kier molecular flexibility index (Phi) is 4.39. The fraction of sp³-hybridized carbons (Fsp3) is 0.733. The number of esters is 1. The zero-order valence-electron chi connectivity index (χ0n) is 14.0. The third-order valence-electron chi connectivity index (χ3n) is 5.06. The predicted molar refractivity (Wildman–Crippen MR) is 89.9 cm³/mol. The van der Waals surface area contributed by atoms with E-state index in [1.807, 2.05) is 0 Å². The Morgan fingerprint density at radius 2 is 2.05 bits per heavy atom. The summed E-state index contributed by atoms with van der Waals surface area (Å²) in [5.41, 5.74) is -1.01. The average molecular weight is 390 g/mol. The van der Waals surface area contributed by atoms with E-state index in [-0.39, 0.29) is 16.9 Å². The molecule has 0 saturated carbocycles. The van der Waals surface area contributed by atoms with Crippen molar-refractivity contribution in [3.8, 4) is 0 Å². The molecule has 0 aromatic heterocycles. The lowest BCUT2D eigenvalue weighted by Crippen LogP contribution is -2.57. The maximum atomic E-state index is 12.4. The molecule has 2 heterocycles. The highest BCUT2D eigenvalue weighted by Crippen LogP contribution is 2.49. The van der Waals surface area contributed by atoms with Gasteiger partial charge in [-0.05, 0) is 46.6 Å². The van der Waals surface area contributed by atoms with Crippen molar-refractivity contribution in [3.05, 3.63) is 10.6 Å². The first kappa shape index (κ1) is 17.7. The van der Waals surface area contributed by atoms with Crippen molar-refractivity contribution < 1.29 is 18.8 Å². The minimum Gasteiger partial charge on any atom is -0.469 e. The molecular formula is C15H24BrNO4Si. The van der Waals surface area contributed by atoms with Crippen LogP contribution >= 0.6 is 15.9 Å². The van der Waals surface area contributed by atoms with E-state index in [1.165, 1.54) is 7.11 Å². The van der Waals surface area contributed by atoms with E-state index in [4.69, 9.17) is 9.16 Å². The molecule has 1 amide bonds. The van der Waals surface area contributed by atoms with Gasteiger partial charge in [0.1, 0.15) is 5.92 Å². The molecule has 124 valence electrons. The number of ether oxygens (including phenoxy) is 1. The summed E-state index contributed by atoms with van der Waals surface area (Å²) in [6.45, 7) is 11.2. The van der Waals surface area contributed by atoms with Crippen molar-refractivity contribution in [3.63, 3.8) is 0 Å². The third kappa shape index (κ3) is 2.57. The summed E-state index contributed by atoms with van der Waals surface area (Å²) in [6.07, 6.45) is 2.31. The molecule has 2 aliphatic heterocycles. The SMILES string of the molecule is COC(=O)[C@@H]1CCN2C(=O)C(Br)=C[C@]12O[Si](C)(C)C(C)(C)C. The van der Waals surface area contributed by atoms with Gasteiger partial charge >= 0.3 is 5.97 Å². The van der Waals surface area contributed by atoms with Crippen LogP contribution in [0.4, 0.5) is 0 Å². The van der Waals surface area contributed by atoms with E-state index >= 15 is 0 Å². The van der Waals surface area contributed by atoms with Gasteiger partial charge in [0.25, 0.3) is 5.91 Å². The Labute approximate surface area is 141 Å². The topological polar surface area (TPSA) is 55.8 Å².